The standard InChI is InChI=1S/C13H15FN2O3/c1-13(12(18)15-6-7-17)8-11(16-19-13)9-4-2-3-5-10(9)14/h2-5,17H,6-8H2,1H3,(H,15,18). The normalized spacial score (nSPS) is 21.7. The third-order valence-electron chi connectivity index (χ3n) is 2.92. The van der Waals surface area contributed by atoms with Crippen molar-refractivity contribution in [1.29, 1.82) is 0 Å². The predicted molar refractivity (Wildman–Crippen MR) is 67.1 cm³/mol. The Morgan fingerprint density at radius 3 is 3.00 bits per heavy atom. The third-order valence-corrected chi connectivity index (χ3v) is 2.92. The molecule has 1 aromatic carbocycles. The fraction of sp³-hybridized carbons (Fsp3) is 0.385. The molecule has 5 nitrogen and oxygen atoms in total. The summed E-state index contributed by atoms with van der Waals surface area (Å²) in [5.74, 6) is -0.776. The average Bonchev–Trinajstić information content (AvgIpc) is 2.80. The van der Waals surface area contributed by atoms with Crippen molar-refractivity contribution in [2.75, 3.05) is 13.2 Å². The van der Waals surface area contributed by atoms with Gasteiger partial charge >= 0.3 is 0 Å². The Balaban J connectivity index is 2.10. The number of amides is 1. The summed E-state index contributed by atoms with van der Waals surface area (Å²) in [7, 11) is 0. The van der Waals surface area contributed by atoms with Crippen LogP contribution in [0.1, 0.15) is 18.9 Å². The molecule has 0 aliphatic carbocycles. The Labute approximate surface area is 110 Å². The van der Waals surface area contributed by atoms with Gasteiger partial charge in [-0.3, -0.25) is 4.79 Å². The molecule has 0 radical (unpaired) electrons. The van der Waals surface area contributed by atoms with Crippen molar-refractivity contribution < 1.29 is 19.1 Å². The van der Waals surface area contributed by atoms with Crippen LogP contribution in [0.5, 0.6) is 0 Å². The maximum Gasteiger partial charge on any atom is 0.267 e. The zero-order chi connectivity index (χ0) is 13.9. The van der Waals surface area contributed by atoms with Crippen LogP contribution in [-0.2, 0) is 9.63 Å². The van der Waals surface area contributed by atoms with Crippen LogP contribution >= 0.6 is 0 Å². The van der Waals surface area contributed by atoms with E-state index in [1.807, 2.05) is 0 Å². The molecule has 1 unspecified atom stereocenters. The van der Waals surface area contributed by atoms with Crippen molar-refractivity contribution in [3.63, 3.8) is 0 Å². The lowest BCUT2D eigenvalue weighted by atomic mass is 9.95. The predicted octanol–water partition coefficient (Wildman–Crippen LogP) is 0.817. The summed E-state index contributed by atoms with van der Waals surface area (Å²) >= 11 is 0. The number of rotatable bonds is 4. The minimum atomic E-state index is -1.16. The number of benzene rings is 1. The van der Waals surface area contributed by atoms with Crippen molar-refractivity contribution in [3.05, 3.63) is 35.6 Å². The molecule has 1 aliphatic rings. The molecule has 2 rings (SSSR count). The van der Waals surface area contributed by atoms with E-state index in [2.05, 4.69) is 10.5 Å². The summed E-state index contributed by atoms with van der Waals surface area (Å²) in [4.78, 5) is 17.0. The summed E-state index contributed by atoms with van der Waals surface area (Å²) in [6.45, 7) is 1.58. The monoisotopic (exact) mass is 266 g/mol. The molecule has 1 heterocycles. The number of nitrogens with zero attached hydrogens (tertiary/aromatic N) is 1. The number of carbonyl (C=O) groups is 1. The van der Waals surface area contributed by atoms with Crippen molar-refractivity contribution in [2.24, 2.45) is 5.16 Å². The van der Waals surface area contributed by atoms with Gasteiger partial charge in [-0.05, 0) is 13.0 Å². The Bertz CT molecular complexity index is 518. The lowest BCUT2D eigenvalue weighted by Crippen LogP contribution is -2.45. The molecule has 1 amide bonds. The molecule has 0 bridgehead atoms. The van der Waals surface area contributed by atoms with Gasteiger partial charge in [-0.1, -0.05) is 23.4 Å². The van der Waals surface area contributed by atoms with Gasteiger partial charge in [-0.25, -0.2) is 4.39 Å². The summed E-state index contributed by atoms with van der Waals surface area (Å²) in [5.41, 5.74) is -0.423. The van der Waals surface area contributed by atoms with Crippen LogP contribution < -0.4 is 5.32 Å². The number of aliphatic hydroxyl groups excluding tert-OH is 1. The van der Waals surface area contributed by atoms with E-state index < -0.39 is 11.4 Å². The molecule has 1 aliphatic heterocycles. The van der Waals surface area contributed by atoms with E-state index in [1.165, 1.54) is 6.07 Å². The van der Waals surface area contributed by atoms with Crippen molar-refractivity contribution in [2.45, 2.75) is 18.9 Å². The largest absolute Gasteiger partial charge is 0.395 e. The minimum Gasteiger partial charge on any atom is -0.395 e. The molecule has 0 spiro atoms. The van der Waals surface area contributed by atoms with E-state index in [1.54, 1.807) is 25.1 Å². The second-order valence-corrected chi connectivity index (χ2v) is 4.50. The molecule has 0 saturated heterocycles. The molecule has 1 aromatic rings. The minimum absolute atomic E-state index is 0.146. The average molecular weight is 266 g/mol. The molecule has 2 N–H and O–H groups in total. The summed E-state index contributed by atoms with van der Waals surface area (Å²) < 4.78 is 13.6. The number of halogens is 1. The summed E-state index contributed by atoms with van der Waals surface area (Å²) in [6, 6.07) is 6.21. The van der Waals surface area contributed by atoms with E-state index >= 15 is 0 Å². The first kappa shape index (κ1) is 13.5. The van der Waals surface area contributed by atoms with Crippen molar-refractivity contribution in [3.8, 4) is 0 Å². The number of hydrogen-bond donors (Lipinski definition) is 2. The third kappa shape index (κ3) is 2.73. The van der Waals surface area contributed by atoms with Gasteiger partial charge in [-0.2, -0.15) is 0 Å². The number of carbonyl (C=O) groups excluding carboxylic acids is 1. The highest BCUT2D eigenvalue weighted by Gasteiger charge is 2.42. The SMILES string of the molecule is CC1(C(=O)NCCO)CC(c2ccccc2F)=NO1. The van der Waals surface area contributed by atoms with Gasteiger partial charge in [0.1, 0.15) is 5.82 Å². The summed E-state index contributed by atoms with van der Waals surface area (Å²) in [5, 5.41) is 15.0. The van der Waals surface area contributed by atoms with E-state index in [0.717, 1.165) is 0 Å². The number of nitrogens with one attached hydrogen (secondary N) is 1. The van der Waals surface area contributed by atoms with Crippen LogP contribution in [0.15, 0.2) is 29.4 Å². The fourth-order valence-electron chi connectivity index (χ4n) is 1.86. The van der Waals surface area contributed by atoms with Crippen molar-refractivity contribution >= 4 is 11.6 Å². The molecule has 0 fully saturated rings. The molecule has 102 valence electrons. The molecule has 6 heteroatoms. The van der Waals surface area contributed by atoms with Crippen LogP contribution in [0.25, 0.3) is 0 Å². The second kappa shape index (κ2) is 5.36. The van der Waals surface area contributed by atoms with E-state index in [-0.39, 0.29) is 25.5 Å². The number of hydrogen-bond acceptors (Lipinski definition) is 4. The topological polar surface area (TPSA) is 70.9 Å². The first-order valence-electron chi connectivity index (χ1n) is 5.96. The molecule has 0 saturated carbocycles. The van der Waals surface area contributed by atoms with Gasteiger partial charge in [0.25, 0.3) is 5.91 Å². The zero-order valence-corrected chi connectivity index (χ0v) is 10.5. The fourth-order valence-corrected chi connectivity index (χ4v) is 1.86. The Kier molecular flexibility index (Phi) is 3.80. The summed E-state index contributed by atoms with van der Waals surface area (Å²) in [6.07, 6.45) is 0.186. The van der Waals surface area contributed by atoms with E-state index in [0.29, 0.717) is 11.3 Å². The highest BCUT2D eigenvalue weighted by atomic mass is 19.1. The van der Waals surface area contributed by atoms with E-state index in [9.17, 15) is 9.18 Å². The van der Waals surface area contributed by atoms with Gasteiger partial charge in [0.15, 0.2) is 0 Å². The first-order valence-corrected chi connectivity index (χ1v) is 5.96. The van der Waals surface area contributed by atoms with Gasteiger partial charge in [-0.15, -0.1) is 0 Å². The van der Waals surface area contributed by atoms with Crippen LogP contribution in [0.2, 0.25) is 0 Å². The zero-order valence-electron chi connectivity index (χ0n) is 10.5. The van der Waals surface area contributed by atoms with Crippen LogP contribution in [0, 0.1) is 5.82 Å². The lowest BCUT2D eigenvalue weighted by Gasteiger charge is -2.19. The van der Waals surface area contributed by atoms with Crippen LogP contribution in [0.4, 0.5) is 4.39 Å². The van der Waals surface area contributed by atoms with Gasteiger partial charge < -0.3 is 15.3 Å². The Morgan fingerprint density at radius 2 is 2.32 bits per heavy atom. The number of oxime groups is 1. The molecular weight excluding hydrogens is 251 g/mol. The molecule has 0 aromatic heterocycles. The smallest absolute Gasteiger partial charge is 0.267 e. The molecular formula is C13H15FN2O3. The Hall–Kier alpha value is -1.95. The highest BCUT2D eigenvalue weighted by molar-refractivity contribution is 6.05. The van der Waals surface area contributed by atoms with Crippen molar-refractivity contribution in [1.82, 2.24) is 5.32 Å². The first-order chi connectivity index (χ1) is 9.07. The molecule has 19 heavy (non-hydrogen) atoms. The van der Waals surface area contributed by atoms with Gasteiger partial charge in [0, 0.05) is 18.5 Å². The lowest BCUT2D eigenvalue weighted by molar-refractivity contribution is -0.141. The van der Waals surface area contributed by atoms with Crippen LogP contribution in [0.3, 0.4) is 0 Å². The highest BCUT2D eigenvalue weighted by Crippen LogP contribution is 2.27. The van der Waals surface area contributed by atoms with Crippen LogP contribution in [-0.4, -0.2) is 35.5 Å². The molecule has 1 atom stereocenters. The van der Waals surface area contributed by atoms with Gasteiger partial charge in [0.2, 0.25) is 5.60 Å². The maximum atomic E-state index is 13.6. The van der Waals surface area contributed by atoms with Gasteiger partial charge in [0.05, 0.1) is 12.3 Å². The second-order valence-electron chi connectivity index (χ2n) is 4.50. The Morgan fingerprint density at radius 1 is 1.58 bits per heavy atom. The van der Waals surface area contributed by atoms with E-state index in [4.69, 9.17) is 9.94 Å². The maximum absolute atomic E-state index is 13.6. The number of aliphatic hydroxyl groups is 1. The quantitative estimate of drug-likeness (QED) is 0.847.